The van der Waals surface area contributed by atoms with Crippen LogP contribution in [-0.2, 0) is 22.8 Å². The van der Waals surface area contributed by atoms with Gasteiger partial charge in [0.25, 0.3) is 11.8 Å². The molecule has 3 atom stereocenters. The van der Waals surface area contributed by atoms with Crippen LogP contribution in [0.25, 0.3) is 11.0 Å². The molecular formula is C21H20F3N5O4. The highest BCUT2D eigenvalue weighted by Crippen LogP contribution is 2.34. The van der Waals surface area contributed by atoms with Crippen LogP contribution in [0.3, 0.4) is 0 Å². The van der Waals surface area contributed by atoms with E-state index in [0.717, 1.165) is 16.4 Å². The third-order valence-electron chi connectivity index (χ3n) is 5.56. The summed E-state index contributed by atoms with van der Waals surface area (Å²) in [5.41, 5.74) is -0.565. The molecule has 174 valence electrons. The summed E-state index contributed by atoms with van der Waals surface area (Å²) in [7, 11) is 3.12. The second-order valence-electron chi connectivity index (χ2n) is 7.85. The van der Waals surface area contributed by atoms with Gasteiger partial charge in [-0.2, -0.15) is 13.2 Å². The number of fused-ring (bicyclic) bond motifs is 1. The summed E-state index contributed by atoms with van der Waals surface area (Å²) < 4.78 is 41.7. The van der Waals surface area contributed by atoms with Crippen LogP contribution in [0.2, 0.25) is 0 Å². The Labute approximate surface area is 185 Å². The molecule has 0 aromatic carbocycles. The lowest BCUT2D eigenvalue weighted by Crippen LogP contribution is -2.50. The number of hydrogen-bond donors (Lipinski definition) is 2. The Morgan fingerprint density at radius 1 is 1.15 bits per heavy atom. The number of aryl methyl sites for hydroxylation is 2. The predicted molar refractivity (Wildman–Crippen MR) is 111 cm³/mol. The molecule has 0 radical (unpaired) electrons. The number of alkyl halides is 3. The fourth-order valence-electron chi connectivity index (χ4n) is 3.82. The van der Waals surface area contributed by atoms with Crippen molar-refractivity contribution in [3.8, 4) is 0 Å². The third kappa shape index (κ3) is 3.80. The van der Waals surface area contributed by atoms with Crippen molar-refractivity contribution < 1.29 is 33.0 Å². The molecule has 9 nitrogen and oxygen atoms in total. The zero-order chi connectivity index (χ0) is 24.2. The first-order chi connectivity index (χ1) is 15.4. The first-order valence-electron chi connectivity index (χ1n) is 9.85. The van der Waals surface area contributed by atoms with E-state index in [1.54, 1.807) is 29.9 Å². The van der Waals surface area contributed by atoms with Crippen molar-refractivity contribution >= 4 is 34.5 Å². The Balaban J connectivity index is 1.75. The predicted octanol–water partition coefficient (Wildman–Crippen LogP) is 1.40. The molecule has 3 aromatic rings. The molecule has 2 amide bonds. The first-order valence-corrected chi connectivity index (χ1v) is 9.85. The molecule has 0 bridgehead atoms. The number of aliphatic hydroxyl groups is 2. The summed E-state index contributed by atoms with van der Waals surface area (Å²) in [6, 6.07) is 4.79. The lowest BCUT2D eigenvalue weighted by molar-refractivity contribution is -0.137. The minimum Gasteiger partial charge on any atom is -0.387 e. The van der Waals surface area contributed by atoms with E-state index in [0.29, 0.717) is 16.6 Å². The number of aliphatic hydroxyl groups excluding tert-OH is 2. The Bertz CT molecular complexity index is 1260. The van der Waals surface area contributed by atoms with Crippen LogP contribution in [0.5, 0.6) is 0 Å². The number of likely N-dealkylation sites (N-methyl/N-ethyl adjacent to an activating group) is 1. The smallest absolute Gasteiger partial charge is 0.387 e. The number of amides is 2. The number of nitrogens with zero attached hydrogens (tertiary/aromatic N) is 5. The number of pyridine rings is 2. The summed E-state index contributed by atoms with van der Waals surface area (Å²) in [5, 5.41) is 21.4. The molecule has 1 aliphatic rings. The first kappa shape index (κ1) is 22.7. The Kier molecular flexibility index (Phi) is 5.37. The standard InChI is InChI=1S/C21H20F3N5O4/c1-10-8-12(21(22,23)24)9-14(25-10)29-15(16(30)17(31)20(29)33)19(32)28(3)13-5-4-11-6-7-27(2)18(11)26-13/h4-9,15-17,30-31H,1-3H3/t15-,16-,17-/m0/s1. The Morgan fingerprint density at radius 2 is 1.85 bits per heavy atom. The van der Waals surface area contributed by atoms with Crippen LogP contribution in [0, 0.1) is 6.92 Å². The summed E-state index contributed by atoms with van der Waals surface area (Å²) in [5.74, 6) is -2.30. The van der Waals surface area contributed by atoms with E-state index >= 15 is 0 Å². The molecule has 1 saturated heterocycles. The summed E-state index contributed by atoms with van der Waals surface area (Å²) in [4.78, 5) is 36.0. The highest BCUT2D eigenvalue weighted by atomic mass is 19.4. The summed E-state index contributed by atoms with van der Waals surface area (Å²) >= 11 is 0. The zero-order valence-corrected chi connectivity index (χ0v) is 17.8. The van der Waals surface area contributed by atoms with Gasteiger partial charge in [0.1, 0.15) is 29.4 Å². The van der Waals surface area contributed by atoms with Crippen molar-refractivity contribution in [3.63, 3.8) is 0 Å². The van der Waals surface area contributed by atoms with Crippen molar-refractivity contribution in [2.75, 3.05) is 16.8 Å². The molecule has 4 rings (SSSR count). The summed E-state index contributed by atoms with van der Waals surface area (Å²) in [6.45, 7) is 1.30. The normalized spacial score (nSPS) is 21.2. The quantitative estimate of drug-likeness (QED) is 0.608. The van der Waals surface area contributed by atoms with Crippen LogP contribution in [-0.4, -0.2) is 61.9 Å². The second kappa shape index (κ2) is 7.81. The lowest BCUT2D eigenvalue weighted by atomic mass is 10.1. The van der Waals surface area contributed by atoms with Gasteiger partial charge < -0.3 is 14.8 Å². The van der Waals surface area contributed by atoms with Gasteiger partial charge in [0.2, 0.25) is 0 Å². The van der Waals surface area contributed by atoms with Crippen LogP contribution in [0.4, 0.5) is 24.8 Å². The maximum absolute atomic E-state index is 13.3. The highest BCUT2D eigenvalue weighted by molar-refractivity contribution is 6.10. The molecule has 2 N–H and O–H groups in total. The molecule has 0 aliphatic carbocycles. The number of aromatic nitrogens is 3. The van der Waals surface area contributed by atoms with Gasteiger partial charge in [-0.25, -0.2) is 9.97 Å². The fourth-order valence-corrected chi connectivity index (χ4v) is 3.82. The maximum atomic E-state index is 13.3. The molecule has 1 fully saturated rings. The van der Waals surface area contributed by atoms with E-state index in [4.69, 9.17) is 0 Å². The molecule has 4 heterocycles. The van der Waals surface area contributed by atoms with Gasteiger partial charge in [-0.05, 0) is 37.3 Å². The van der Waals surface area contributed by atoms with E-state index in [-0.39, 0.29) is 11.5 Å². The SMILES string of the molecule is Cc1cc(C(F)(F)F)cc(N2C(=O)[C@@H](O)[C@@H](O)[C@H]2C(=O)N(C)c2ccc3ccn(C)c3n2)n1. The number of rotatable bonds is 3. The van der Waals surface area contributed by atoms with Gasteiger partial charge in [0, 0.05) is 31.4 Å². The molecule has 0 unspecified atom stereocenters. The van der Waals surface area contributed by atoms with Crippen LogP contribution in [0.1, 0.15) is 11.3 Å². The maximum Gasteiger partial charge on any atom is 0.416 e. The van der Waals surface area contributed by atoms with Crippen LogP contribution in [0.15, 0.2) is 36.5 Å². The minimum absolute atomic E-state index is 0.0566. The molecule has 33 heavy (non-hydrogen) atoms. The van der Waals surface area contributed by atoms with E-state index in [2.05, 4.69) is 9.97 Å². The van der Waals surface area contributed by atoms with Crippen LogP contribution < -0.4 is 9.80 Å². The lowest BCUT2D eigenvalue weighted by Gasteiger charge is -2.28. The van der Waals surface area contributed by atoms with E-state index in [9.17, 15) is 33.0 Å². The number of carbonyl (C=O) groups excluding carboxylic acids is 2. The Hall–Kier alpha value is -3.51. The highest BCUT2D eigenvalue weighted by Gasteiger charge is 2.52. The molecule has 12 heteroatoms. The van der Waals surface area contributed by atoms with Crippen molar-refractivity contribution in [1.82, 2.24) is 14.5 Å². The second-order valence-corrected chi connectivity index (χ2v) is 7.85. The van der Waals surface area contributed by atoms with Gasteiger partial charge in [0.05, 0.1) is 5.56 Å². The van der Waals surface area contributed by atoms with Gasteiger partial charge >= 0.3 is 6.18 Å². The van der Waals surface area contributed by atoms with Crippen molar-refractivity contribution in [1.29, 1.82) is 0 Å². The monoisotopic (exact) mass is 463 g/mol. The third-order valence-corrected chi connectivity index (χ3v) is 5.56. The van der Waals surface area contributed by atoms with Crippen LogP contribution >= 0.6 is 0 Å². The molecule has 0 spiro atoms. The molecular weight excluding hydrogens is 443 g/mol. The topological polar surface area (TPSA) is 112 Å². The van der Waals surface area contributed by atoms with E-state index < -0.39 is 47.6 Å². The Morgan fingerprint density at radius 3 is 2.52 bits per heavy atom. The zero-order valence-electron chi connectivity index (χ0n) is 17.8. The molecule has 0 saturated carbocycles. The van der Waals surface area contributed by atoms with E-state index in [1.165, 1.54) is 14.0 Å². The van der Waals surface area contributed by atoms with Gasteiger partial charge in [-0.3, -0.25) is 19.4 Å². The largest absolute Gasteiger partial charge is 0.416 e. The van der Waals surface area contributed by atoms with Gasteiger partial charge in [0.15, 0.2) is 6.10 Å². The van der Waals surface area contributed by atoms with Gasteiger partial charge in [-0.15, -0.1) is 0 Å². The fraction of sp³-hybridized carbons (Fsp3) is 0.333. The molecule has 1 aliphatic heterocycles. The summed E-state index contributed by atoms with van der Waals surface area (Å²) in [6.07, 6.45) is -6.84. The number of anilines is 2. The number of carbonyl (C=O) groups is 2. The van der Waals surface area contributed by atoms with Crippen molar-refractivity contribution in [2.24, 2.45) is 7.05 Å². The van der Waals surface area contributed by atoms with Gasteiger partial charge in [-0.1, -0.05) is 0 Å². The van der Waals surface area contributed by atoms with Crippen molar-refractivity contribution in [2.45, 2.75) is 31.3 Å². The minimum atomic E-state index is -4.73. The van der Waals surface area contributed by atoms with E-state index in [1.807, 2.05) is 6.07 Å². The average molecular weight is 463 g/mol. The average Bonchev–Trinajstić information content (AvgIpc) is 3.23. The molecule has 3 aromatic heterocycles. The van der Waals surface area contributed by atoms with Crippen molar-refractivity contribution in [3.05, 3.63) is 47.8 Å². The number of halogens is 3. The number of hydrogen-bond acceptors (Lipinski definition) is 6.